The molecule has 1 amide bonds. The van der Waals surface area contributed by atoms with E-state index in [4.69, 9.17) is 4.74 Å². The summed E-state index contributed by atoms with van der Waals surface area (Å²) in [4.78, 5) is 23.7. The number of likely N-dealkylation sites (tertiary alicyclic amines) is 1. The van der Waals surface area contributed by atoms with Crippen molar-refractivity contribution >= 4 is 11.9 Å². The summed E-state index contributed by atoms with van der Waals surface area (Å²) in [5, 5.41) is 0. The number of alkyl halides is 2. The lowest BCUT2D eigenvalue weighted by atomic mass is 9.94. The SMILES string of the molecule is CC(C)(C)OC(=O)N1CC(F)C(=O)C(C)(F)C1. The third kappa shape index (κ3) is 3.38. The molecule has 0 aromatic carbocycles. The molecule has 0 saturated carbocycles. The largest absolute Gasteiger partial charge is 0.444 e. The van der Waals surface area contributed by atoms with Gasteiger partial charge >= 0.3 is 6.09 Å². The molecule has 0 N–H and O–H groups in total. The van der Waals surface area contributed by atoms with E-state index in [-0.39, 0.29) is 0 Å². The molecule has 4 nitrogen and oxygen atoms in total. The number of carbonyl (C=O) groups is 2. The van der Waals surface area contributed by atoms with E-state index in [0.29, 0.717) is 0 Å². The van der Waals surface area contributed by atoms with Gasteiger partial charge in [-0.25, -0.2) is 13.6 Å². The molecular formula is C11H17F2NO3. The van der Waals surface area contributed by atoms with Gasteiger partial charge in [0.15, 0.2) is 11.8 Å². The maximum atomic E-state index is 13.7. The van der Waals surface area contributed by atoms with Crippen molar-refractivity contribution in [2.24, 2.45) is 0 Å². The minimum Gasteiger partial charge on any atom is -0.444 e. The number of carbonyl (C=O) groups excluding carboxylic acids is 2. The van der Waals surface area contributed by atoms with Gasteiger partial charge in [0.2, 0.25) is 5.78 Å². The average molecular weight is 249 g/mol. The van der Waals surface area contributed by atoms with Crippen molar-refractivity contribution in [3.05, 3.63) is 0 Å². The lowest BCUT2D eigenvalue weighted by Crippen LogP contribution is -2.58. The van der Waals surface area contributed by atoms with E-state index in [1.54, 1.807) is 20.8 Å². The number of halogens is 2. The van der Waals surface area contributed by atoms with Crippen molar-refractivity contribution in [3.63, 3.8) is 0 Å². The quantitative estimate of drug-likeness (QED) is 0.658. The fourth-order valence-electron chi connectivity index (χ4n) is 1.57. The number of hydrogen-bond acceptors (Lipinski definition) is 3. The van der Waals surface area contributed by atoms with Gasteiger partial charge in [-0.2, -0.15) is 0 Å². The summed E-state index contributed by atoms with van der Waals surface area (Å²) in [5.41, 5.74) is -3.09. The van der Waals surface area contributed by atoms with E-state index in [1.807, 2.05) is 0 Å². The maximum Gasteiger partial charge on any atom is 0.410 e. The summed E-state index contributed by atoms with van der Waals surface area (Å²) in [6, 6.07) is 0. The molecule has 2 atom stereocenters. The van der Waals surface area contributed by atoms with Crippen LogP contribution in [0, 0.1) is 0 Å². The van der Waals surface area contributed by atoms with E-state index in [9.17, 15) is 18.4 Å². The molecule has 1 aliphatic heterocycles. The van der Waals surface area contributed by atoms with E-state index in [0.717, 1.165) is 11.8 Å². The van der Waals surface area contributed by atoms with Crippen molar-refractivity contribution < 1.29 is 23.1 Å². The molecule has 0 radical (unpaired) electrons. The van der Waals surface area contributed by atoms with Crippen LogP contribution in [0.2, 0.25) is 0 Å². The number of nitrogens with zero attached hydrogens (tertiary/aromatic N) is 1. The van der Waals surface area contributed by atoms with Crippen molar-refractivity contribution in [2.45, 2.75) is 45.1 Å². The summed E-state index contributed by atoms with van der Waals surface area (Å²) in [5.74, 6) is -1.11. The molecule has 0 aromatic rings. The van der Waals surface area contributed by atoms with Crippen LogP contribution in [-0.4, -0.2) is 47.3 Å². The Balaban J connectivity index is 2.74. The van der Waals surface area contributed by atoms with Gasteiger partial charge in [0.05, 0.1) is 13.1 Å². The third-order valence-corrected chi connectivity index (χ3v) is 2.32. The first kappa shape index (κ1) is 13.9. The summed E-state index contributed by atoms with van der Waals surface area (Å²) in [7, 11) is 0. The van der Waals surface area contributed by atoms with Crippen molar-refractivity contribution in [1.29, 1.82) is 0 Å². The highest BCUT2D eigenvalue weighted by Gasteiger charge is 2.47. The smallest absolute Gasteiger partial charge is 0.410 e. The molecule has 1 heterocycles. The molecule has 1 aliphatic rings. The Kier molecular flexibility index (Phi) is 3.45. The number of ketones is 1. The number of Topliss-reactive ketones (excluding diaryl/α,β-unsaturated/α-hetero) is 1. The Morgan fingerprint density at radius 1 is 1.53 bits per heavy atom. The van der Waals surface area contributed by atoms with Crippen LogP contribution in [0.3, 0.4) is 0 Å². The predicted molar refractivity (Wildman–Crippen MR) is 57.2 cm³/mol. The zero-order valence-corrected chi connectivity index (χ0v) is 10.4. The highest BCUT2D eigenvalue weighted by molar-refractivity contribution is 5.93. The monoisotopic (exact) mass is 249 g/mol. The second-order valence-corrected chi connectivity index (χ2v) is 5.39. The predicted octanol–water partition coefficient (Wildman–Crippen LogP) is 1.87. The second-order valence-electron chi connectivity index (χ2n) is 5.39. The van der Waals surface area contributed by atoms with Gasteiger partial charge in [0.25, 0.3) is 0 Å². The van der Waals surface area contributed by atoms with Crippen LogP contribution in [-0.2, 0) is 9.53 Å². The summed E-state index contributed by atoms with van der Waals surface area (Å²) < 4.78 is 32.0. The first-order chi connectivity index (χ1) is 7.53. The molecule has 0 bridgehead atoms. The van der Waals surface area contributed by atoms with E-state index < -0.39 is 42.4 Å². The Labute approximate surface area is 98.9 Å². The van der Waals surface area contributed by atoms with Crippen LogP contribution < -0.4 is 0 Å². The number of rotatable bonds is 0. The third-order valence-electron chi connectivity index (χ3n) is 2.32. The van der Waals surface area contributed by atoms with Crippen LogP contribution in [0.15, 0.2) is 0 Å². The van der Waals surface area contributed by atoms with Crippen molar-refractivity contribution in [2.75, 3.05) is 13.1 Å². The van der Waals surface area contributed by atoms with Gasteiger partial charge < -0.3 is 9.64 Å². The molecule has 0 aliphatic carbocycles. The zero-order chi connectivity index (χ0) is 13.4. The fourth-order valence-corrected chi connectivity index (χ4v) is 1.57. The lowest BCUT2D eigenvalue weighted by molar-refractivity contribution is -0.141. The van der Waals surface area contributed by atoms with Gasteiger partial charge in [0.1, 0.15) is 5.60 Å². The highest BCUT2D eigenvalue weighted by Crippen LogP contribution is 2.24. The van der Waals surface area contributed by atoms with E-state index in [1.165, 1.54) is 0 Å². The molecule has 0 aromatic heterocycles. The number of piperidine rings is 1. The summed E-state index contributed by atoms with van der Waals surface area (Å²) in [6.07, 6.45) is -2.80. The minimum atomic E-state index is -2.35. The fraction of sp³-hybridized carbons (Fsp3) is 0.818. The number of amides is 1. The zero-order valence-electron chi connectivity index (χ0n) is 10.4. The molecule has 2 unspecified atom stereocenters. The normalized spacial score (nSPS) is 30.4. The standard InChI is InChI=1S/C11H17F2NO3/c1-10(2,3)17-9(16)14-5-7(12)8(15)11(4,13)6-14/h7H,5-6H2,1-4H3. The molecule has 1 fully saturated rings. The Hall–Kier alpha value is -1.20. The Bertz CT molecular complexity index is 336. The average Bonchev–Trinajstić information content (AvgIpc) is 2.10. The van der Waals surface area contributed by atoms with Gasteiger partial charge in [-0.15, -0.1) is 0 Å². The Morgan fingerprint density at radius 3 is 2.47 bits per heavy atom. The van der Waals surface area contributed by atoms with Crippen LogP contribution in [0.5, 0.6) is 0 Å². The van der Waals surface area contributed by atoms with Crippen LogP contribution in [0.25, 0.3) is 0 Å². The maximum absolute atomic E-state index is 13.7. The molecule has 6 heteroatoms. The van der Waals surface area contributed by atoms with Crippen LogP contribution >= 0.6 is 0 Å². The summed E-state index contributed by atoms with van der Waals surface area (Å²) >= 11 is 0. The number of hydrogen-bond donors (Lipinski definition) is 0. The number of ether oxygens (including phenoxy) is 1. The minimum absolute atomic E-state index is 0.451. The second kappa shape index (κ2) is 4.23. The molecule has 98 valence electrons. The van der Waals surface area contributed by atoms with Gasteiger partial charge in [-0.05, 0) is 27.7 Å². The van der Waals surface area contributed by atoms with Crippen LogP contribution in [0.4, 0.5) is 13.6 Å². The lowest BCUT2D eigenvalue weighted by Gasteiger charge is -2.36. The van der Waals surface area contributed by atoms with Crippen LogP contribution in [0.1, 0.15) is 27.7 Å². The van der Waals surface area contributed by atoms with Gasteiger partial charge in [0, 0.05) is 0 Å². The first-order valence-electron chi connectivity index (χ1n) is 5.38. The molecule has 17 heavy (non-hydrogen) atoms. The summed E-state index contributed by atoms with van der Waals surface area (Å²) in [6.45, 7) is 5.01. The first-order valence-corrected chi connectivity index (χ1v) is 5.38. The topological polar surface area (TPSA) is 46.6 Å². The molecule has 0 spiro atoms. The Morgan fingerprint density at radius 2 is 2.06 bits per heavy atom. The van der Waals surface area contributed by atoms with Gasteiger partial charge in [-0.1, -0.05) is 0 Å². The van der Waals surface area contributed by atoms with Crippen molar-refractivity contribution in [3.8, 4) is 0 Å². The van der Waals surface area contributed by atoms with Crippen molar-refractivity contribution in [1.82, 2.24) is 4.90 Å². The van der Waals surface area contributed by atoms with Gasteiger partial charge in [-0.3, -0.25) is 4.79 Å². The van der Waals surface area contributed by atoms with E-state index in [2.05, 4.69) is 0 Å². The highest BCUT2D eigenvalue weighted by atomic mass is 19.2. The van der Waals surface area contributed by atoms with E-state index >= 15 is 0 Å². The molecular weight excluding hydrogens is 232 g/mol. The molecule has 1 rings (SSSR count). The molecule has 1 saturated heterocycles.